The normalized spacial score (nSPS) is 15.7. The minimum Gasteiger partial charge on any atom is -0.481 e. The van der Waals surface area contributed by atoms with Gasteiger partial charge in [-0.2, -0.15) is 10.2 Å². The molecule has 1 aliphatic rings. The number of rotatable bonds is 6. The first kappa shape index (κ1) is 21.0. The second kappa shape index (κ2) is 8.85. The molecule has 0 bridgehead atoms. The third-order valence-electron chi connectivity index (χ3n) is 5.30. The van der Waals surface area contributed by atoms with Gasteiger partial charge in [0.2, 0.25) is 5.91 Å². The van der Waals surface area contributed by atoms with Crippen LogP contribution in [0, 0.1) is 6.92 Å². The average molecular weight is 481 g/mol. The average Bonchev–Trinajstić information content (AvgIpc) is 3.37. The maximum absolute atomic E-state index is 12.9. The summed E-state index contributed by atoms with van der Waals surface area (Å²) in [5.74, 6) is -1.32. The minimum atomic E-state index is -1.01. The van der Waals surface area contributed by atoms with E-state index in [1.54, 1.807) is 6.20 Å². The van der Waals surface area contributed by atoms with Gasteiger partial charge in [-0.1, -0.05) is 46.3 Å². The summed E-state index contributed by atoms with van der Waals surface area (Å²) in [7, 11) is 0. The summed E-state index contributed by atoms with van der Waals surface area (Å²) in [6.45, 7) is 1.97. The monoisotopic (exact) mass is 480 g/mol. The lowest BCUT2D eigenvalue weighted by Crippen LogP contribution is -2.27. The lowest BCUT2D eigenvalue weighted by molar-refractivity contribution is -0.141. The highest BCUT2D eigenvalue weighted by molar-refractivity contribution is 9.10. The van der Waals surface area contributed by atoms with Crippen LogP contribution < -0.4 is 0 Å². The lowest BCUT2D eigenvalue weighted by atomic mass is 9.98. The van der Waals surface area contributed by atoms with Crippen molar-refractivity contribution in [3.63, 3.8) is 0 Å². The number of benzene rings is 2. The van der Waals surface area contributed by atoms with E-state index in [-0.39, 0.29) is 24.8 Å². The van der Waals surface area contributed by atoms with Gasteiger partial charge in [-0.3, -0.25) is 9.59 Å². The maximum Gasteiger partial charge on any atom is 0.303 e. The molecule has 0 fully saturated rings. The third kappa shape index (κ3) is 4.44. The molecule has 0 aliphatic carbocycles. The van der Waals surface area contributed by atoms with Gasteiger partial charge in [-0.05, 0) is 36.8 Å². The van der Waals surface area contributed by atoms with E-state index in [1.807, 2.05) is 66.2 Å². The molecule has 2 heterocycles. The van der Waals surface area contributed by atoms with Gasteiger partial charge in [0.05, 0.1) is 30.1 Å². The number of amides is 1. The number of hydrazone groups is 1. The molecule has 1 atom stereocenters. The molecule has 158 valence electrons. The zero-order chi connectivity index (χ0) is 22.0. The van der Waals surface area contributed by atoms with Gasteiger partial charge in [0, 0.05) is 28.6 Å². The molecule has 3 aromatic rings. The Morgan fingerprint density at radius 3 is 2.48 bits per heavy atom. The topological polar surface area (TPSA) is 87.8 Å². The fourth-order valence-electron chi connectivity index (χ4n) is 3.71. The molecule has 8 heteroatoms. The molecule has 0 radical (unpaired) electrons. The van der Waals surface area contributed by atoms with Crippen molar-refractivity contribution < 1.29 is 14.7 Å². The Labute approximate surface area is 188 Å². The van der Waals surface area contributed by atoms with Crippen LogP contribution in [0.1, 0.15) is 42.1 Å². The largest absolute Gasteiger partial charge is 0.481 e. The molecule has 1 aromatic heterocycles. The molecular weight excluding hydrogens is 460 g/mol. The van der Waals surface area contributed by atoms with Crippen molar-refractivity contribution in [2.45, 2.75) is 32.2 Å². The van der Waals surface area contributed by atoms with Crippen LogP contribution in [0.15, 0.2) is 70.4 Å². The lowest BCUT2D eigenvalue weighted by Gasteiger charge is -2.21. The van der Waals surface area contributed by atoms with E-state index in [9.17, 15) is 9.59 Å². The predicted molar refractivity (Wildman–Crippen MR) is 120 cm³/mol. The number of carbonyl (C=O) groups excluding carboxylic acids is 1. The van der Waals surface area contributed by atoms with Crippen molar-refractivity contribution >= 4 is 33.5 Å². The Morgan fingerprint density at radius 1 is 1.10 bits per heavy atom. The first-order valence-corrected chi connectivity index (χ1v) is 10.7. The zero-order valence-corrected chi connectivity index (χ0v) is 18.5. The molecule has 0 saturated heterocycles. The number of halogens is 1. The molecule has 0 spiro atoms. The molecule has 31 heavy (non-hydrogen) atoms. The summed E-state index contributed by atoms with van der Waals surface area (Å²) in [5, 5.41) is 19.6. The number of carbonyl (C=O) groups is 2. The van der Waals surface area contributed by atoms with Gasteiger partial charge >= 0.3 is 5.97 Å². The Kier molecular flexibility index (Phi) is 5.99. The number of hydrogen-bond acceptors (Lipinski definition) is 4. The standard InChI is InChI=1S/C23H21BrN4O3/c1-15-19(14-25-27(15)18-5-3-2-4-6-18)21-13-20(16-7-9-17(24)10-8-16)26-28(21)22(29)11-12-23(30)31/h2-10,14,21H,11-13H2,1H3,(H,30,31). The minimum absolute atomic E-state index is 0.102. The van der Waals surface area contributed by atoms with E-state index in [0.717, 1.165) is 32.7 Å². The Balaban J connectivity index is 1.68. The van der Waals surface area contributed by atoms with Crippen LogP contribution in [0.2, 0.25) is 0 Å². The summed E-state index contributed by atoms with van der Waals surface area (Å²) in [6, 6.07) is 17.2. The summed E-state index contributed by atoms with van der Waals surface area (Å²) in [6.07, 6.45) is 1.97. The maximum atomic E-state index is 12.9. The van der Waals surface area contributed by atoms with E-state index >= 15 is 0 Å². The summed E-state index contributed by atoms with van der Waals surface area (Å²) < 4.78 is 2.80. The molecule has 1 N–H and O–H groups in total. The number of para-hydroxylation sites is 1. The first-order chi connectivity index (χ1) is 14.9. The van der Waals surface area contributed by atoms with Crippen molar-refractivity contribution in [3.05, 3.63) is 82.1 Å². The smallest absolute Gasteiger partial charge is 0.303 e. The molecule has 1 amide bonds. The number of hydrogen-bond donors (Lipinski definition) is 1. The highest BCUT2D eigenvalue weighted by Crippen LogP contribution is 2.35. The fourth-order valence-corrected chi connectivity index (χ4v) is 3.97. The van der Waals surface area contributed by atoms with E-state index in [0.29, 0.717) is 6.42 Å². The first-order valence-electron chi connectivity index (χ1n) is 9.91. The van der Waals surface area contributed by atoms with E-state index in [1.165, 1.54) is 5.01 Å². The molecule has 1 unspecified atom stereocenters. The number of carboxylic acids is 1. The highest BCUT2D eigenvalue weighted by atomic mass is 79.9. The molecule has 0 saturated carbocycles. The second-order valence-electron chi connectivity index (χ2n) is 7.34. The fraction of sp³-hybridized carbons (Fsp3) is 0.217. The van der Waals surface area contributed by atoms with Gasteiger partial charge in [-0.15, -0.1) is 0 Å². The van der Waals surface area contributed by atoms with Gasteiger partial charge in [-0.25, -0.2) is 9.69 Å². The van der Waals surface area contributed by atoms with Crippen LogP contribution >= 0.6 is 15.9 Å². The van der Waals surface area contributed by atoms with Gasteiger partial charge in [0.15, 0.2) is 0 Å². The van der Waals surface area contributed by atoms with Crippen molar-refractivity contribution in [2.75, 3.05) is 0 Å². The van der Waals surface area contributed by atoms with Gasteiger partial charge in [0.25, 0.3) is 0 Å². The van der Waals surface area contributed by atoms with Crippen molar-refractivity contribution in [3.8, 4) is 5.69 Å². The van der Waals surface area contributed by atoms with Gasteiger partial charge < -0.3 is 5.11 Å². The van der Waals surface area contributed by atoms with Crippen LogP contribution in [0.25, 0.3) is 5.69 Å². The Bertz CT molecular complexity index is 1140. The summed E-state index contributed by atoms with van der Waals surface area (Å²) in [4.78, 5) is 23.9. The third-order valence-corrected chi connectivity index (χ3v) is 5.83. The Morgan fingerprint density at radius 2 is 1.81 bits per heavy atom. The SMILES string of the molecule is Cc1c(C2CC(c3ccc(Br)cc3)=NN2C(=O)CCC(=O)O)cnn1-c1ccccc1. The zero-order valence-electron chi connectivity index (χ0n) is 16.9. The van der Waals surface area contributed by atoms with E-state index < -0.39 is 5.97 Å². The van der Waals surface area contributed by atoms with E-state index in [4.69, 9.17) is 5.11 Å². The van der Waals surface area contributed by atoms with Crippen LogP contribution in [0.4, 0.5) is 0 Å². The molecule has 4 rings (SSSR count). The van der Waals surface area contributed by atoms with Crippen molar-refractivity contribution in [1.82, 2.24) is 14.8 Å². The molecule has 1 aliphatic heterocycles. The predicted octanol–water partition coefficient (Wildman–Crippen LogP) is 4.49. The van der Waals surface area contributed by atoms with Crippen LogP contribution in [0.3, 0.4) is 0 Å². The number of carboxylic acid groups (broad SMARTS) is 1. The quantitative estimate of drug-likeness (QED) is 0.562. The molecular formula is C23H21BrN4O3. The van der Waals surface area contributed by atoms with Gasteiger partial charge in [0.1, 0.15) is 0 Å². The Hall–Kier alpha value is -3.26. The van der Waals surface area contributed by atoms with Crippen LogP contribution in [-0.4, -0.2) is 37.5 Å². The van der Waals surface area contributed by atoms with Crippen LogP contribution in [-0.2, 0) is 9.59 Å². The summed E-state index contributed by atoms with van der Waals surface area (Å²) in [5.41, 5.74) is 4.45. The number of nitrogens with zero attached hydrogens (tertiary/aromatic N) is 4. The highest BCUT2D eigenvalue weighted by Gasteiger charge is 2.35. The second-order valence-corrected chi connectivity index (χ2v) is 8.25. The molecule has 2 aromatic carbocycles. The number of aromatic nitrogens is 2. The van der Waals surface area contributed by atoms with Crippen molar-refractivity contribution in [1.29, 1.82) is 0 Å². The van der Waals surface area contributed by atoms with Crippen LogP contribution in [0.5, 0.6) is 0 Å². The van der Waals surface area contributed by atoms with E-state index in [2.05, 4.69) is 26.1 Å². The molecule has 7 nitrogen and oxygen atoms in total. The van der Waals surface area contributed by atoms with Crippen molar-refractivity contribution in [2.24, 2.45) is 5.10 Å². The summed E-state index contributed by atoms with van der Waals surface area (Å²) >= 11 is 3.44. The number of aliphatic carboxylic acids is 1.